The van der Waals surface area contributed by atoms with Crippen molar-refractivity contribution in [3.63, 3.8) is 0 Å². The van der Waals surface area contributed by atoms with E-state index in [1.807, 2.05) is 18.2 Å². The van der Waals surface area contributed by atoms with Crippen molar-refractivity contribution in [3.8, 4) is 11.5 Å². The third kappa shape index (κ3) is 4.53. The summed E-state index contributed by atoms with van der Waals surface area (Å²) in [6, 6.07) is 6.03. The van der Waals surface area contributed by atoms with Crippen LogP contribution in [0.1, 0.15) is 25.7 Å². The Bertz CT molecular complexity index is 559. The number of nitrogens with zero attached hydrogens (tertiary/aromatic N) is 2. The Morgan fingerprint density at radius 2 is 2.15 bits per heavy atom. The van der Waals surface area contributed by atoms with E-state index >= 15 is 0 Å². The lowest BCUT2D eigenvalue weighted by atomic mass is 10.2. The zero-order valence-corrected chi connectivity index (χ0v) is 15.1. The summed E-state index contributed by atoms with van der Waals surface area (Å²) in [5.41, 5.74) is 0.975. The molecule has 0 unspecified atom stereocenters. The average molecular weight is 450 g/mol. The maximum Gasteiger partial charge on any atom is 0.248 e. The molecule has 2 rings (SSSR count). The number of hydrogen-bond donors (Lipinski definition) is 1. The fourth-order valence-corrected chi connectivity index (χ4v) is 2.72. The topological polar surface area (TPSA) is 51.0 Å². The average Bonchev–Trinajstić information content (AvgIpc) is 2.90. The van der Waals surface area contributed by atoms with E-state index in [0.29, 0.717) is 11.8 Å². The van der Waals surface area contributed by atoms with Crippen molar-refractivity contribution in [1.29, 1.82) is 0 Å². The summed E-state index contributed by atoms with van der Waals surface area (Å²) in [5, 5.41) is 11.6. The number of nitrogens with one attached hydrogen (secondary N) is 1. The molecule has 6 heteroatoms. The molecule has 0 radical (unpaired) electrons. The van der Waals surface area contributed by atoms with Crippen LogP contribution < -0.4 is 5.32 Å². The first-order chi connectivity index (χ1) is 9.70. The van der Waals surface area contributed by atoms with E-state index in [4.69, 9.17) is 4.42 Å². The molecular weight excluding hydrogens is 433 g/mol. The second-order valence-electron chi connectivity index (χ2n) is 4.48. The number of rotatable bonds is 7. The SMILES string of the molecule is CCCNCCCc1nnc(-c2cc(Br)ccc2I)o1. The lowest BCUT2D eigenvalue weighted by Gasteiger charge is -2.01. The molecule has 0 amide bonds. The van der Waals surface area contributed by atoms with Crippen molar-refractivity contribution in [3.05, 3.63) is 32.1 Å². The van der Waals surface area contributed by atoms with Gasteiger partial charge in [-0.3, -0.25) is 0 Å². The molecule has 4 nitrogen and oxygen atoms in total. The van der Waals surface area contributed by atoms with Gasteiger partial charge in [-0.1, -0.05) is 22.9 Å². The highest BCUT2D eigenvalue weighted by atomic mass is 127. The zero-order chi connectivity index (χ0) is 14.4. The van der Waals surface area contributed by atoms with Crippen molar-refractivity contribution >= 4 is 38.5 Å². The van der Waals surface area contributed by atoms with Gasteiger partial charge in [-0.15, -0.1) is 10.2 Å². The van der Waals surface area contributed by atoms with Gasteiger partial charge in [-0.05, 0) is 66.7 Å². The summed E-state index contributed by atoms with van der Waals surface area (Å²) in [6.07, 6.45) is 2.98. The van der Waals surface area contributed by atoms with Gasteiger partial charge in [0.1, 0.15) is 0 Å². The summed E-state index contributed by atoms with van der Waals surface area (Å²) in [4.78, 5) is 0. The Kier molecular flexibility index (Phi) is 6.44. The van der Waals surface area contributed by atoms with Crippen LogP contribution >= 0.6 is 38.5 Å². The summed E-state index contributed by atoms with van der Waals surface area (Å²) in [7, 11) is 0. The van der Waals surface area contributed by atoms with E-state index in [-0.39, 0.29) is 0 Å². The van der Waals surface area contributed by atoms with E-state index < -0.39 is 0 Å². The van der Waals surface area contributed by atoms with Gasteiger partial charge in [0.2, 0.25) is 11.8 Å². The second-order valence-corrected chi connectivity index (χ2v) is 6.56. The predicted octanol–water partition coefficient (Wildman–Crippen LogP) is 4.04. The molecule has 0 atom stereocenters. The molecule has 1 N–H and O–H groups in total. The molecule has 0 aliphatic rings. The minimum absolute atomic E-state index is 0.590. The molecule has 0 saturated carbocycles. The summed E-state index contributed by atoms with van der Waals surface area (Å²) < 4.78 is 7.85. The lowest BCUT2D eigenvalue weighted by molar-refractivity contribution is 0.491. The van der Waals surface area contributed by atoms with E-state index in [1.54, 1.807) is 0 Å². The van der Waals surface area contributed by atoms with Crippen LogP contribution in [-0.2, 0) is 6.42 Å². The third-order valence-electron chi connectivity index (χ3n) is 2.80. The predicted molar refractivity (Wildman–Crippen MR) is 91.6 cm³/mol. The number of benzene rings is 1. The number of aryl methyl sites for hydroxylation is 1. The second kappa shape index (κ2) is 8.09. The van der Waals surface area contributed by atoms with Crippen LogP contribution in [0.25, 0.3) is 11.5 Å². The summed E-state index contributed by atoms with van der Waals surface area (Å²) in [5.74, 6) is 1.29. The molecular formula is C14H17BrIN3O. The first-order valence-electron chi connectivity index (χ1n) is 6.69. The molecule has 0 bridgehead atoms. The molecule has 0 fully saturated rings. The fourth-order valence-electron chi connectivity index (χ4n) is 1.79. The fraction of sp³-hybridized carbons (Fsp3) is 0.429. The van der Waals surface area contributed by atoms with Gasteiger partial charge in [0.05, 0.1) is 5.56 Å². The van der Waals surface area contributed by atoms with Crippen molar-refractivity contribution in [2.75, 3.05) is 13.1 Å². The molecule has 0 aliphatic carbocycles. The van der Waals surface area contributed by atoms with Crippen LogP contribution in [0.3, 0.4) is 0 Å². The zero-order valence-electron chi connectivity index (χ0n) is 11.3. The molecule has 2 aromatic rings. The highest BCUT2D eigenvalue weighted by molar-refractivity contribution is 14.1. The summed E-state index contributed by atoms with van der Waals surface area (Å²) >= 11 is 5.74. The van der Waals surface area contributed by atoms with Crippen LogP contribution in [-0.4, -0.2) is 23.3 Å². The quantitative estimate of drug-likeness (QED) is 0.512. The van der Waals surface area contributed by atoms with Crippen LogP contribution in [0.2, 0.25) is 0 Å². The van der Waals surface area contributed by atoms with Gasteiger partial charge in [-0.2, -0.15) is 0 Å². The van der Waals surface area contributed by atoms with Crippen LogP contribution in [0.4, 0.5) is 0 Å². The van der Waals surface area contributed by atoms with Crippen molar-refractivity contribution < 1.29 is 4.42 Å². The number of hydrogen-bond acceptors (Lipinski definition) is 4. The number of aromatic nitrogens is 2. The molecule has 1 aromatic heterocycles. The minimum atomic E-state index is 0.590. The normalized spacial score (nSPS) is 10.9. The first-order valence-corrected chi connectivity index (χ1v) is 8.56. The maximum atomic E-state index is 5.74. The van der Waals surface area contributed by atoms with Gasteiger partial charge < -0.3 is 9.73 Å². The highest BCUT2D eigenvalue weighted by Crippen LogP contribution is 2.27. The smallest absolute Gasteiger partial charge is 0.248 e. The van der Waals surface area contributed by atoms with Crippen LogP contribution in [0.15, 0.2) is 27.1 Å². The molecule has 0 saturated heterocycles. The Labute approximate surface area is 141 Å². The van der Waals surface area contributed by atoms with Gasteiger partial charge in [0.15, 0.2) is 0 Å². The van der Waals surface area contributed by atoms with Gasteiger partial charge >= 0.3 is 0 Å². The third-order valence-corrected chi connectivity index (χ3v) is 4.23. The van der Waals surface area contributed by atoms with Gasteiger partial charge in [0, 0.05) is 14.5 Å². The Hall–Kier alpha value is -0.470. The Morgan fingerprint density at radius 1 is 1.30 bits per heavy atom. The standard InChI is InChI=1S/C14H17BrIN3O/c1-2-7-17-8-3-4-13-18-19-14(20-13)11-9-10(15)5-6-12(11)16/h5-6,9,17H,2-4,7-8H2,1H3. The van der Waals surface area contributed by atoms with Gasteiger partial charge in [-0.25, -0.2) is 0 Å². The molecule has 20 heavy (non-hydrogen) atoms. The molecule has 0 aliphatic heterocycles. The lowest BCUT2D eigenvalue weighted by Crippen LogP contribution is -2.16. The molecule has 1 heterocycles. The maximum absolute atomic E-state index is 5.74. The molecule has 0 spiro atoms. The van der Waals surface area contributed by atoms with Crippen molar-refractivity contribution in [2.24, 2.45) is 0 Å². The van der Waals surface area contributed by atoms with Crippen LogP contribution in [0.5, 0.6) is 0 Å². The number of halogens is 2. The first kappa shape index (κ1) is 15.9. The van der Waals surface area contributed by atoms with E-state index in [9.17, 15) is 0 Å². The van der Waals surface area contributed by atoms with Gasteiger partial charge in [0.25, 0.3) is 0 Å². The highest BCUT2D eigenvalue weighted by Gasteiger charge is 2.11. The Balaban J connectivity index is 1.96. The van der Waals surface area contributed by atoms with Crippen molar-refractivity contribution in [2.45, 2.75) is 26.2 Å². The molecule has 108 valence electrons. The van der Waals surface area contributed by atoms with E-state index in [0.717, 1.165) is 46.0 Å². The summed E-state index contributed by atoms with van der Waals surface area (Å²) in [6.45, 7) is 4.21. The van der Waals surface area contributed by atoms with Crippen LogP contribution in [0, 0.1) is 3.57 Å². The van der Waals surface area contributed by atoms with Crippen molar-refractivity contribution in [1.82, 2.24) is 15.5 Å². The Morgan fingerprint density at radius 3 is 2.95 bits per heavy atom. The monoisotopic (exact) mass is 449 g/mol. The largest absolute Gasteiger partial charge is 0.421 e. The van der Waals surface area contributed by atoms with E-state index in [1.165, 1.54) is 0 Å². The minimum Gasteiger partial charge on any atom is -0.421 e. The molecule has 1 aromatic carbocycles. The van der Waals surface area contributed by atoms with E-state index in [2.05, 4.69) is 61.0 Å².